The van der Waals surface area contributed by atoms with Gasteiger partial charge in [0.1, 0.15) is 5.75 Å². The highest BCUT2D eigenvalue weighted by atomic mass is 16.5. The van der Waals surface area contributed by atoms with E-state index in [0.29, 0.717) is 6.61 Å². The number of aryl methyl sites for hydroxylation is 2. The predicted octanol–water partition coefficient (Wildman–Crippen LogP) is 2.63. The van der Waals surface area contributed by atoms with Gasteiger partial charge < -0.3 is 9.84 Å². The Morgan fingerprint density at radius 3 is 2.38 bits per heavy atom. The van der Waals surface area contributed by atoms with Crippen LogP contribution in [0.25, 0.3) is 0 Å². The molecule has 16 heavy (non-hydrogen) atoms. The minimum atomic E-state index is 0.148. The Labute approximate surface area is 97.3 Å². The van der Waals surface area contributed by atoms with E-state index in [1.807, 2.05) is 0 Å². The van der Waals surface area contributed by atoms with Crippen LogP contribution in [-0.2, 0) is 6.42 Å². The molecule has 1 aromatic carbocycles. The Bertz CT molecular complexity index is 392. The van der Waals surface area contributed by atoms with Crippen LogP contribution >= 0.6 is 0 Å². The van der Waals surface area contributed by atoms with Crippen LogP contribution in [0.5, 0.6) is 5.75 Å². The highest BCUT2D eigenvalue weighted by Gasteiger charge is 2.42. The zero-order chi connectivity index (χ0) is 11.8. The Kier molecular flexibility index (Phi) is 2.94. The van der Waals surface area contributed by atoms with Gasteiger partial charge in [0.2, 0.25) is 0 Å². The number of hydrogen-bond donors (Lipinski definition) is 1. The fourth-order valence-electron chi connectivity index (χ4n) is 2.15. The molecular formula is C14H20O2. The van der Waals surface area contributed by atoms with Crippen LogP contribution in [0.15, 0.2) is 12.1 Å². The summed E-state index contributed by atoms with van der Waals surface area (Å²) in [5.74, 6) is 0.961. The molecule has 0 spiro atoms. The molecule has 0 heterocycles. The second-order valence-electron chi connectivity index (χ2n) is 5.08. The molecule has 1 aliphatic carbocycles. The van der Waals surface area contributed by atoms with Crippen molar-refractivity contribution in [3.63, 3.8) is 0 Å². The maximum Gasteiger partial charge on any atom is 0.122 e. The first-order valence-corrected chi connectivity index (χ1v) is 5.85. The third-order valence-corrected chi connectivity index (χ3v) is 3.75. The maximum absolute atomic E-state index is 9.36. The van der Waals surface area contributed by atoms with Gasteiger partial charge in [-0.1, -0.05) is 6.07 Å². The molecular weight excluding hydrogens is 200 g/mol. The third kappa shape index (κ3) is 2.07. The lowest BCUT2D eigenvalue weighted by molar-refractivity contribution is 0.210. The minimum Gasteiger partial charge on any atom is -0.496 e. The lowest BCUT2D eigenvalue weighted by Gasteiger charge is -2.16. The molecule has 1 saturated carbocycles. The number of aliphatic hydroxyl groups excluding tert-OH is 1. The number of benzene rings is 1. The van der Waals surface area contributed by atoms with Crippen molar-refractivity contribution in [1.29, 1.82) is 0 Å². The first-order valence-electron chi connectivity index (χ1n) is 5.85. The summed E-state index contributed by atoms with van der Waals surface area (Å²) in [7, 11) is 1.71. The molecule has 1 fully saturated rings. The smallest absolute Gasteiger partial charge is 0.122 e. The van der Waals surface area contributed by atoms with E-state index in [2.05, 4.69) is 26.0 Å². The van der Waals surface area contributed by atoms with Crippen LogP contribution < -0.4 is 4.74 Å². The topological polar surface area (TPSA) is 29.5 Å². The van der Waals surface area contributed by atoms with Gasteiger partial charge in [0, 0.05) is 6.61 Å². The van der Waals surface area contributed by atoms with Crippen LogP contribution in [0, 0.1) is 19.3 Å². The molecule has 2 nitrogen and oxygen atoms in total. The summed E-state index contributed by atoms with van der Waals surface area (Å²) in [6, 6.07) is 4.29. The van der Waals surface area contributed by atoms with Crippen LogP contribution in [0.2, 0.25) is 0 Å². The van der Waals surface area contributed by atoms with Gasteiger partial charge in [-0.15, -0.1) is 0 Å². The van der Waals surface area contributed by atoms with Gasteiger partial charge in [0.15, 0.2) is 0 Å². The average molecular weight is 220 g/mol. The molecule has 1 aromatic rings. The fraction of sp³-hybridized carbons (Fsp3) is 0.571. The molecule has 2 rings (SSSR count). The van der Waals surface area contributed by atoms with Crippen LogP contribution in [0.4, 0.5) is 0 Å². The standard InChI is InChI=1S/C14H20O2/c1-10-6-12(8-14(9-15)4-5-14)13(16-3)7-11(10)2/h6-7,15H,4-5,8-9H2,1-3H3. The summed E-state index contributed by atoms with van der Waals surface area (Å²) in [5.41, 5.74) is 3.94. The second-order valence-corrected chi connectivity index (χ2v) is 5.08. The minimum absolute atomic E-state index is 0.148. The largest absolute Gasteiger partial charge is 0.496 e. The number of hydrogen-bond acceptors (Lipinski definition) is 2. The highest BCUT2D eigenvalue weighted by molar-refractivity contribution is 5.42. The zero-order valence-corrected chi connectivity index (χ0v) is 10.3. The van der Waals surface area contributed by atoms with E-state index in [1.165, 1.54) is 16.7 Å². The van der Waals surface area contributed by atoms with E-state index >= 15 is 0 Å². The fourth-order valence-corrected chi connectivity index (χ4v) is 2.15. The summed E-state index contributed by atoms with van der Waals surface area (Å²) in [6.07, 6.45) is 3.22. The van der Waals surface area contributed by atoms with Crippen molar-refractivity contribution in [2.24, 2.45) is 5.41 Å². The Morgan fingerprint density at radius 1 is 1.25 bits per heavy atom. The normalized spacial score (nSPS) is 17.2. The lowest BCUT2D eigenvalue weighted by Crippen LogP contribution is -2.11. The quantitative estimate of drug-likeness (QED) is 0.845. The molecule has 0 amide bonds. The number of methoxy groups -OCH3 is 1. The molecule has 1 aliphatic rings. The lowest BCUT2D eigenvalue weighted by atomic mass is 9.94. The van der Waals surface area contributed by atoms with Gasteiger partial charge in [-0.25, -0.2) is 0 Å². The first kappa shape index (κ1) is 11.5. The van der Waals surface area contributed by atoms with E-state index in [1.54, 1.807) is 7.11 Å². The summed E-state index contributed by atoms with van der Waals surface area (Å²) in [4.78, 5) is 0. The molecule has 0 radical (unpaired) electrons. The molecule has 0 bridgehead atoms. The number of aliphatic hydroxyl groups is 1. The molecule has 2 heteroatoms. The molecule has 88 valence electrons. The van der Waals surface area contributed by atoms with Gasteiger partial charge in [-0.3, -0.25) is 0 Å². The highest BCUT2D eigenvalue weighted by Crippen LogP contribution is 2.49. The van der Waals surface area contributed by atoms with Crippen molar-refractivity contribution < 1.29 is 9.84 Å². The van der Waals surface area contributed by atoms with E-state index in [4.69, 9.17) is 4.74 Å². The zero-order valence-electron chi connectivity index (χ0n) is 10.3. The van der Waals surface area contributed by atoms with Crippen molar-refractivity contribution in [1.82, 2.24) is 0 Å². The molecule has 1 N–H and O–H groups in total. The SMILES string of the molecule is COc1cc(C)c(C)cc1CC1(CO)CC1. The maximum atomic E-state index is 9.36. The van der Waals surface area contributed by atoms with Crippen LogP contribution in [0.3, 0.4) is 0 Å². The van der Waals surface area contributed by atoms with Crippen LogP contribution in [0.1, 0.15) is 29.5 Å². The van der Waals surface area contributed by atoms with Crippen molar-refractivity contribution >= 4 is 0 Å². The van der Waals surface area contributed by atoms with Gasteiger partial charge in [0.05, 0.1) is 7.11 Å². The van der Waals surface area contributed by atoms with E-state index in [-0.39, 0.29) is 5.41 Å². The first-order chi connectivity index (χ1) is 7.60. The van der Waals surface area contributed by atoms with Crippen molar-refractivity contribution in [2.45, 2.75) is 33.1 Å². The number of rotatable bonds is 4. The van der Waals surface area contributed by atoms with Crippen LogP contribution in [-0.4, -0.2) is 18.8 Å². The molecule has 0 atom stereocenters. The Morgan fingerprint density at radius 2 is 1.88 bits per heavy atom. The summed E-state index contributed by atoms with van der Waals surface area (Å²) in [6.45, 7) is 4.51. The molecule has 0 aliphatic heterocycles. The van der Waals surface area contributed by atoms with Gasteiger partial charge in [-0.05, 0) is 61.3 Å². The third-order valence-electron chi connectivity index (χ3n) is 3.75. The second kappa shape index (κ2) is 4.10. The molecule has 0 unspecified atom stereocenters. The molecule has 0 aromatic heterocycles. The predicted molar refractivity (Wildman–Crippen MR) is 64.9 cm³/mol. The summed E-state index contributed by atoms with van der Waals surface area (Å²) >= 11 is 0. The van der Waals surface area contributed by atoms with Gasteiger partial charge in [-0.2, -0.15) is 0 Å². The molecule has 0 saturated heterocycles. The summed E-state index contributed by atoms with van der Waals surface area (Å²) < 4.78 is 5.42. The van der Waals surface area contributed by atoms with Crippen molar-refractivity contribution in [3.8, 4) is 5.75 Å². The van der Waals surface area contributed by atoms with Gasteiger partial charge in [0.25, 0.3) is 0 Å². The summed E-state index contributed by atoms with van der Waals surface area (Å²) in [5, 5.41) is 9.36. The van der Waals surface area contributed by atoms with E-state index in [9.17, 15) is 5.11 Å². The van der Waals surface area contributed by atoms with Gasteiger partial charge >= 0.3 is 0 Å². The monoisotopic (exact) mass is 220 g/mol. The van der Waals surface area contributed by atoms with Crippen molar-refractivity contribution in [2.75, 3.05) is 13.7 Å². The Hall–Kier alpha value is -1.02. The number of ether oxygens (including phenoxy) is 1. The van der Waals surface area contributed by atoms with E-state index in [0.717, 1.165) is 25.0 Å². The van der Waals surface area contributed by atoms with E-state index < -0.39 is 0 Å². The average Bonchev–Trinajstić information content (AvgIpc) is 3.04. The van der Waals surface area contributed by atoms with Crippen molar-refractivity contribution in [3.05, 3.63) is 28.8 Å². The Balaban J connectivity index is 2.28.